The lowest BCUT2D eigenvalue weighted by molar-refractivity contribution is -0.128. The van der Waals surface area contributed by atoms with Crippen LogP contribution >= 0.6 is 0 Å². The average molecular weight is 272 g/mol. The number of amides is 3. The van der Waals surface area contributed by atoms with Crippen molar-refractivity contribution in [1.82, 2.24) is 9.13 Å². The number of hydrogen-bond acceptors (Lipinski definition) is 2. The number of rotatable bonds is 2. The molecule has 1 heterocycles. The first-order chi connectivity index (χ1) is 7.31. The lowest BCUT2D eigenvalue weighted by atomic mass is 10.1. The molecule has 0 aromatic rings. The molecule has 0 aromatic heterocycles. The Balaban J connectivity index is 3.31. The van der Waals surface area contributed by atoms with Crippen molar-refractivity contribution in [2.75, 3.05) is 0 Å². The van der Waals surface area contributed by atoms with Gasteiger partial charge in [-0.05, 0) is 13.8 Å². The fourth-order valence-corrected chi connectivity index (χ4v) is 6.62. The summed E-state index contributed by atoms with van der Waals surface area (Å²) in [5.41, 5.74) is -0.679. The Labute approximate surface area is 106 Å². The molecule has 1 aliphatic heterocycles. The van der Waals surface area contributed by atoms with Gasteiger partial charge in [0.15, 0.2) is 16.5 Å². The quantitative estimate of drug-likeness (QED) is 0.573. The average Bonchev–Trinajstić information content (AvgIpc) is 2.13. The second-order valence-electron chi connectivity index (χ2n) is 7.16. The van der Waals surface area contributed by atoms with Crippen molar-refractivity contribution in [1.29, 1.82) is 0 Å². The van der Waals surface area contributed by atoms with Gasteiger partial charge < -0.3 is 4.57 Å². The fraction of sp³-hybridized carbons (Fsp3) is 0.818. The maximum Gasteiger partial charge on any atom is 0.311 e. The molecule has 1 saturated heterocycles. The zero-order chi connectivity index (χ0) is 13.8. The van der Waals surface area contributed by atoms with Crippen LogP contribution in [0, 0.1) is 0 Å². The van der Waals surface area contributed by atoms with Crippen LogP contribution in [-0.2, 0) is 4.79 Å². The zero-order valence-corrected chi connectivity index (χ0v) is 14.2. The highest BCUT2D eigenvalue weighted by atomic mass is 28.3. The highest BCUT2D eigenvalue weighted by molar-refractivity contribution is 6.81. The molecule has 0 saturated carbocycles. The molecule has 1 aliphatic rings. The number of carbonyl (C=O) groups excluding carboxylic acids is 2. The van der Waals surface area contributed by atoms with E-state index in [0.717, 1.165) is 0 Å². The van der Waals surface area contributed by atoms with E-state index in [4.69, 9.17) is 0 Å². The third kappa shape index (κ3) is 2.20. The summed E-state index contributed by atoms with van der Waals surface area (Å²) in [6.45, 7) is 16.2. The molecular formula is C11H24N2O2Si2. The Morgan fingerprint density at radius 1 is 0.882 bits per heavy atom. The van der Waals surface area contributed by atoms with Gasteiger partial charge in [0, 0.05) is 0 Å². The van der Waals surface area contributed by atoms with Gasteiger partial charge in [-0.2, -0.15) is 0 Å². The Morgan fingerprint density at radius 2 is 1.29 bits per heavy atom. The van der Waals surface area contributed by atoms with Gasteiger partial charge in [0.25, 0.3) is 0 Å². The van der Waals surface area contributed by atoms with Crippen LogP contribution in [0.15, 0.2) is 0 Å². The molecule has 1 rings (SSSR count). The molecule has 0 radical (unpaired) electrons. The van der Waals surface area contributed by atoms with E-state index in [-0.39, 0.29) is 11.9 Å². The second-order valence-corrected chi connectivity index (χ2v) is 16.7. The van der Waals surface area contributed by atoms with E-state index in [1.807, 2.05) is 38.1 Å². The summed E-state index contributed by atoms with van der Waals surface area (Å²) >= 11 is 0. The molecule has 17 heavy (non-hydrogen) atoms. The van der Waals surface area contributed by atoms with Crippen LogP contribution in [0.1, 0.15) is 13.8 Å². The van der Waals surface area contributed by atoms with E-state index in [1.54, 1.807) is 4.57 Å². The molecule has 0 spiro atoms. The standard InChI is InChI=1S/C11H24N2O2Si2/c1-11(2)9(14)12(16(3,4)5)10(15)13(11)17(6,7)8/h1-8H3. The molecule has 0 N–H and O–H groups in total. The molecule has 0 atom stereocenters. The van der Waals surface area contributed by atoms with Crippen LogP contribution in [0.3, 0.4) is 0 Å². The minimum atomic E-state index is -1.94. The van der Waals surface area contributed by atoms with Gasteiger partial charge in [0.1, 0.15) is 5.54 Å². The number of urea groups is 1. The number of nitrogens with zero attached hydrogens (tertiary/aromatic N) is 2. The number of imide groups is 1. The summed E-state index contributed by atoms with van der Waals surface area (Å²) in [5, 5.41) is 0. The third-order valence-corrected chi connectivity index (χ3v) is 6.84. The number of carbonyl (C=O) groups is 2. The molecule has 0 aromatic carbocycles. The topological polar surface area (TPSA) is 40.6 Å². The first kappa shape index (κ1) is 14.4. The summed E-state index contributed by atoms with van der Waals surface area (Å²) in [7, 11) is -3.79. The first-order valence-electron chi connectivity index (χ1n) is 6.00. The minimum Gasteiger partial charge on any atom is -0.339 e. The number of hydrogen-bond donors (Lipinski definition) is 0. The molecule has 6 heteroatoms. The van der Waals surface area contributed by atoms with Crippen molar-refractivity contribution in [3.8, 4) is 0 Å². The molecular weight excluding hydrogens is 248 g/mol. The molecule has 98 valence electrons. The molecule has 0 unspecified atom stereocenters. The predicted molar refractivity (Wildman–Crippen MR) is 74.9 cm³/mol. The van der Waals surface area contributed by atoms with Crippen molar-refractivity contribution >= 4 is 28.4 Å². The summed E-state index contributed by atoms with van der Waals surface area (Å²) in [6.07, 6.45) is 0. The zero-order valence-electron chi connectivity index (χ0n) is 12.2. The highest BCUT2D eigenvalue weighted by Gasteiger charge is 2.57. The molecule has 0 aliphatic carbocycles. The Bertz CT molecular complexity index is 367. The lowest BCUT2D eigenvalue weighted by Crippen LogP contribution is -2.57. The SMILES string of the molecule is CC1(C)C(=O)N([Si](C)(C)C)C(=O)N1[Si](C)(C)C. The van der Waals surface area contributed by atoms with E-state index in [1.165, 1.54) is 0 Å². The Morgan fingerprint density at radius 3 is 1.47 bits per heavy atom. The summed E-state index contributed by atoms with van der Waals surface area (Å²) in [5.74, 6) is -0.0240. The lowest BCUT2D eigenvalue weighted by Gasteiger charge is -2.38. The van der Waals surface area contributed by atoms with Crippen LogP contribution in [0.2, 0.25) is 39.3 Å². The van der Waals surface area contributed by atoms with Crippen LogP contribution in [0.4, 0.5) is 4.79 Å². The second kappa shape index (κ2) is 3.68. The van der Waals surface area contributed by atoms with E-state index in [0.29, 0.717) is 0 Å². The monoisotopic (exact) mass is 272 g/mol. The summed E-state index contributed by atoms with van der Waals surface area (Å²) in [6, 6.07) is -0.0710. The van der Waals surface area contributed by atoms with E-state index < -0.39 is 22.0 Å². The fourth-order valence-electron chi connectivity index (χ4n) is 2.51. The van der Waals surface area contributed by atoms with Gasteiger partial charge >= 0.3 is 6.03 Å². The smallest absolute Gasteiger partial charge is 0.311 e. The summed E-state index contributed by atoms with van der Waals surface area (Å²) < 4.78 is 3.39. The van der Waals surface area contributed by atoms with Gasteiger partial charge in [-0.15, -0.1) is 0 Å². The van der Waals surface area contributed by atoms with E-state index >= 15 is 0 Å². The van der Waals surface area contributed by atoms with Crippen LogP contribution < -0.4 is 0 Å². The largest absolute Gasteiger partial charge is 0.339 e. The maximum absolute atomic E-state index is 12.5. The molecule has 4 nitrogen and oxygen atoms in total. The normalized spacial score (nSPS) is 21.4. The molecule has 1 fully saturated rings. The van der Waals surface area contributed by atoms with Gasteiger partial charge in [0.2, 0.25) is 5.91 Å². The third-order valence-electron chi connectivity index (χ3n) is 3.01. The van der Waals surface area contributed by atoms with Crippen molar-refractivity contribution in [3.05, 3.63) is 0 Å². The van der Waals surface area contributed by atoms with E-state index in [9.17, 15) is 9.59 Å². The first-order valence-corrected chi connectivity index (χ1v) is 12.9. The van der Waals surface area contributed by atoms with Crippen LogP contribution in [0.25, 0.3) is 0 Å². The van der Waals surface area contributed by atoms with Gasteiger partial charge in [-0.25, -0.2) is 4.79 Å². The summed E-state index contributed by atoms with van der Waals surface area (Å²) in [4.78, 5) is 25.0. The highest BCUT2D eigenvalue weighted by Crippen LogP contribution is 2.35. The van der Waals surface area contributed by atoms with Crippen molar-refractivity contribution in [3.63, 3.8) is 0 Å². The van der Waals surface area contributed by atoms with E-state index in [2.05, 4.69) is 19.6 Å². The minimum absolute atomic E-state index is 0.0240. The van der Waals surface area contributed by atoms with Crippen LogP contribution in [-0.4, -0.2) is 43.1 Å². The molecule has 3 amide bonds. The van der Waals surface area contributed by atoms with Crippen molar-refractivity contribution in [2.45, 2.75) is 58.7 Å². The van der Waals surface area contributed by atoms with Crippen molar-refractivity contribution in [2.24, 2.45) is 0 Å². The predicted octanol–water partition coefficient (Wildman–Crippen LogP) is 2.70. The van der Waals surface area contributed by atoms with Gasteiger partial charge in [0.05, 0.1) is 0 Å². The maximum atomic E-state index is 12.5. The van der Waals surface area contributed by atoms with Gasteiger partial charge in [-0.1, -0.05) is 39.3 Å². The Hall–Kier alpha value is -0.626. The Kier molecular flexibility index (Phi) is 3.13. The van der Waals surface area contributed by atoms with Gasteiger partial charge in [-0.3, -0.25) is 9.36 Å². The van der Waals surface area contributed by atoms with Crippen molar-refractivity contribution < 1.29 is 9.59 Å². The van der Waals surface area contributed by atoms with Crippen LogP contribution in [0.5, 0.6) is 0 Å². The molecule has 0 bridgehead atoms.